The molecule has 0 heterocycles. The molecule has 1 aromatic rings. The van der Waals surface area contributed by atoms with Crippen molar-refractivity contribution in [3.8, 4) is 0 Å². The Hall–Kier alpha value is -1.70. The first kappa shape index (κ1) is 19.6. The molecule has 136 valence electrons. The smallest absolute Gasteiger partial charge is 0.185 e. The quantitative estimate of drug-likeness (QED) is 0.405. The fourth-order valence-electron chi connectivity index (χ4n) is 4.14. The van der Waals surface area contributed by atoms with E-state index in [0.717, 1.165) is 24.7 Å². The maximum absolute atomic E-state index is 12.5. The van der Waals surface area contributed by atoms with E-state index in [1.165, 1.54) is 51.0 Å². The van der Waals surface area contributed by atoms with Gasteiger partial charge in [-0.25, -0.2) is 0 Å². The van der Waals surface area contributed by atoms with Crippen LogP contribution in [0.1, 0.15) is 92.9 Å². The normalized spacial score (nSPS) is 17.6. The van der Waals surface area contributed by atoms with E-state index < -0.39 is 0 Å². The monoisotopic (exact) mass is 340 g/mol. The summed E-state index contributed by atoms with van der Waals surface area (Å²) in [7, 11) is 0. The SMILES string of the molecule is CCCC(CCC)C1CCC(=CC(=O)c2cccc(C(C)=O)c2)CC1. The Morgan fingerprint density at radius 1 is 1.08 bits per heavy atom. The highest BCUT2D eigenvalue weighted by molar-refractivity contribution is 6.06. The number of Topliss-reactive ketones (excluding diaryl/α,β-unsaturated/α-hetero) is 1. The Balaban J connectivity index is 1.98. The highest BCUT2D eigenvalue weighted by Gasteiger charge is 2.24. The van der Waals surface area contributed by atoms with Gasteiger partial charge < -0.3 is 0 Å². The summed E-state index contributed by atoms with van der Waals surface area (Å²) in [6.45, 7) is 6.10. The van der Waals surface area contributed by atoms with Crippen LogP contribution in [-0.2, 0) is 0 Å². The Kier molecular flexibility index (Phi) is 7.61. The van der Waals surface area contributed by atoms with Crippen molar-refractivity contribution in [2.24, 2.45) is 11.8 Å². The van der Waals surface area contributed by atoms with Gasteiger partial charge in [0.2, 0.25) is 0 Å². The molecule has 25 heavy (non-hydrogen) atoms. The molecule has 0 bridgehead atoms. The van der Waals surface area contributed by atoms with E-state index in [2.05, 4.69) is 13.8 Å². The van der Waals surface area contributed by atoms with E-state index >= 15 is 0 Å². The lowest BCUT2D eigenvalue weighted by Gasteiger charge is -2.31. The molecular weight excluding hydrogens is 308 g/mol. The number of benzene rings is 1. The molecule has 0 aromatic heterocycles. The molecule has 2 rings (SSSR count). The molecule has 2 nitrogen and oxygen atoms in total. The number of rotatable bonds is 8. The topological polar surface area (TPSA) is 34.1 Å². The molecule has 1 saturated carbocycles. The Morgan fingerprint density at radius 2 is 1.68 bits per heavy atom. The lowest BCUT2D eigenvalue weighted by atomic mass is 9.74. The van der Waals surface area contributed by atoms with Gasteiger partial charge in [-0.05, 0) is 56.6 Å². The van der Waals surface area contributed by atoms with Gasteiger partial charge >= 0.3 is 0 Å². The summed E-state index contributed by atoms with van der Waals surface area (Å²) in [4.78, 5) is 24.0. The molecule has 0 unspecified atom stereocenters. The van der Waals surface area contributed by atoms with Gasteiger partial charge in [0.25, 0.3) is 0 Å². The van der Waals surface area contributed by atoms with Crippen LogP contribution in [0.2, 0.25) is 0 Å². The van der Waals surface area contributed by atoms with Crippen molar-refractivity contribution in [3.63, 3.8) is 0 Å². The predicted molar refractivity (Wildman–Crippen MR) is 104 cm³/mol. The predicted octanol–water partition coefficient (Wildman–Crippen LogP) is 6.40. The Morgan fingerprint density at radius 3 is 2.24 bits per heavy atom. The molecule has 0 radical (unpaired) electrons. The van der Waals surface area contributed by atoms with Crippen molar-refractivity contribution in [3.05, 3.63) is 47.0 Å². The molecule has 2 heteroatoms. The van der Waals surface area contributed by atoms with Gasteiger partial charge in [-0.3, -0.25) is 9.59 Å². The maximum atomic E-state index is 12.5. The average molecular weight is 341 g/mol. The van der Waals surface area contributed by atoms with Crippen LogP contribution in [0.3, 0.4) is 0 Å². The second-order valence-corrected chi connectivity index (χ2v) is 7.48. The molecule has 0 saturated heterocycles. The average Bonchev–Trinajstić information content (AvgIpc) is 2.62. The number of hydrogen-bond acceptors (Lipinski definition) is 2. The van der Waals surface area contributed by atoms with E-state index in [4.69, 9.17) is 0 Å². The van der Waals surface area contributed by atoms with Gasteiger partial charge in [-0.15, -0.1) is 0 Å². The third-order valence-corrected chi connectivity index (χ3v) is 5.55. The molecule has 1 aliphatic carbocycles. The molecule has 0 atom stereocenters. The third-order valence-electron chi connectivity index (χ3n) is 5.55. The zero-order chi connectivity index (χ0) is 18.2. The first-order chi connectivity index (χ1) is 12.0. The van der Waals surface area contributed by atoms with E-state index in [1.54, 1.807) is 24.3 Å². The summed E-state index contributed by atoms with van der Waals surface area (Å²) in [5.74, 6) is 1.73. The van der Waals surface area contributed by atoms with Crippen LogP contribution in [0.5, 0.6) is 0 Å². The van der Waals surface area contributed by atoms with Gasteiger partial charge in [0.05, 0.1) is 0 Å². The first-order valence-corrected chi connectivity index (χ1v) is 9.89. The Bertz CT molecular complexity index is 611. The summed E-state index contributed by atoms with van der Waals surface area (Å²) in [6, 6.07) is 7.07. The number of carbonyl (C=O) groups is 2. The van der Waals surface area contributed by atoms with Crippen LogP contribution in [0, 0.1) is 11.8 Å². The summed E-state index contributed by atoms with van der Waals surface area (Å²) in [6.07, 6.45) is 11.6. The highest BCUT2D eigenvalue weighted by atomic mass is 16.1. The molecular formula is C23H32O2. The minimum Gasteiger partial charge on any atom is -0.295 e. The van der Waals surface area contributed by atoms with E-state index in [9.17, 15) is 9.59 Å². The lowest BCUT2D eigenvalue weighted by Crippen LogP contribution is -2.19. The van der Waals surface area contributed by atoms with Crippen molar-refractivity contribution >= 4 is 11.6 Å². The minimum atomic E-state index is 0.000649. The summed E-state index contributed by atoms with van der Waals surface area (Å²) in [5, 5.41) is 0. The van der Waals surface area contributed by atoms with Crippen LogP contribution >= 0.6 is 0 Å². The fourth-order valence-corrected chi connectivity index (χ4v) is 4.14. The van der Waals surface area contributed by atoms with Gasteiger partial charge in [0, 0.05) is 11.1 Å². The van der Waals surface area contributed by atoms with Crippen molar-refractivity contribution in [1.29, 1.82) is 0 Å². The van der Waals surface area contributed by atoms with E-state index in [1.807, 2.05) is 6.08 Å². The molecule has 1 fully saturated rings. The minimum absolute atomic E-state index is 0.000649. The van der Waals surface area contributed by atoms with Gasteiger partial charge in [0.1, 0.15) is 0 Å². The molecule has 0 N–H and O–H groups in total. The van der Waals surface area contributed by atoms with Crippen LogP contribution < -0.4 is 0 Å². The standard InChI is InChI=1S/C23H32O2/c1-4-7-19(8-5-2)20-13-11-18(12-14-20)15-23(25)22-10-6-9-21(16-22)17(3)24/h6,9-10,15-16,19-20H,4-5,7-8,11-14H2,1-3H3. The third kappa shape index (κ3) is 5.66. The molecule has 0 amide bonds. The highest BCUT2D eigenvalue weighted by Crippen LogP contribution is 2.37. The Labute approximate surface area is 152 Å². The number of ketones is 2. The molecule has 0 aliphatic heterocycles. The number of allylic oxidation sites excluding steroid dienone is 2. The van der Waals surface area contributed by atoms with Crippen molar-refractivity contribution in [1.82, 2.24) is 0 Å². The summed E-state index contributed by atoms with van der Waals surface area (Å²) in [5.41, 5.74) is 2.51. The van der Waals surface area contributed by atoms with Gasteiger partial charge in [0.15, 0.2) is 11.6 Å². The van der Waals surface area contributed by atoms with Crippen molar-refractivity contribution in [2.45, 2.75) is 72.1 Å². The van der Waals surface area contributed by atoms with Gasteiger partial charge in [-0.2, -0.15) is 0 Å². The largest absolute Gasteiger partial charge is 0.295 e. The van der Waals surface area contributed by atoms with Gasteiger partial charge in [-0.1, -0.05) is 63.3 Å². The summed E-state index contributed by atoms with van der Waals surface area (Å²) < 4.78 is 0. The zero-order valence-electron chi connectivity index (χ0n) is 16.0. The summed E-state index contributed by atoms with van der Waals surface area (Å²) >= 11 is 0. The number of hydrogen-bond donors (Lipinski definition) is 0. The fraction of sp³-hybridized carbons (Fsp3) is 0.565. The number of carbonyl (C=O) groups excluding carboxylic acids is 2. The van der Waals surface area contributed by atoms with E-state index in [-0.39, 0.29) is 11.6 Å². The molecule has 0 spiro atoms. The van der Waals surface area contributed by atoms with Crippen LogP contribution in [0.25, 0.3) is 0 Å². The second-order valence-electron chi connectivity index (χ2n) is 7.48. The van der Waals surface area contributed by atoms with Crippen LogP contribution in [-0.4, -0.2) is 11.6 Å². The molecule has 1 aromatic carbocycles. The lowest BCUT2D eigenvalue weighted by molar-refractivity contribution is 0.101. The van der Waals surface area contributed by atoms with Crippen LogP contribution in [0.4, 0.5) is 0 Å². The van der Waals surface area contributed by atoms with E-state index in [0.29, 0.717) is 11.1 Å². The van der Waals surface area contributed by atoms with Crippen LogP contribution in [0.15, 0.2) is 35.9 Å². The maximum Gasteiger partial charge on any atom is 0.185 e. The van der Waals surface area contributed by atoms with Crippen molar-refractivity contribution in [2.75, 3.05) is 0 Å². The van der Waals surface area contributed by atoms with Crippen molar-refractivity contribution < 1.29 is 9.59 Å². The first-order valence-electron chi connectivity index (χ1n) is 9.89. The second kappa shape index (κ2) is 9.70. The zero-order valence-corrected chi connectivity index (χ0v) is 16.0. The molecule has 1 aliphatic rings.